The quantitative estimate of drug-likeness (QED) is 0.872. The highest BCUT2D eigenvalue weighted by Gasteiger charge is 2.15. The molecule has 0 bridgehead atoms. The first kappa shape index (κ1) is 11.1. The van der Waals surface area contributed by atoms with Gasteiger partial charge in [0, 0.05) is 0 Å². The van der Waals surface area contributed by atoms with Crippen LogP contribution in [-0.4, -0.2) is 16.1 Å². The Morgan fingerprint density at radius 2 is 2.41 bits per heavy atom. The highest BCUT2D eigenvalue weighted by atomic mass is 16.4. The normalized spacial score (nSPS) is 12.2. The number of benzene rings is 1. The second kappa shape index (κ2) is 4.26. The van der Waals surface area contributed by atoms with Gasteiger partial charge in [0.25, 0.3) is 0 Å². The molecule has 0 spiro atoms. The van der Waals surface area contributed by atoms with Gasteiger partial charge in [-0.2, -0.15) is 5.26 Å². The summed E-state index contributed by atoms with van der Waals surface area (Å²) in [5.41, 5.74) is 1.82. The molecule has 86 valence electrons. The lowest BCUT2D eigenvalue weighted by Crippen LogP contribution is -2.06. The molecule has 0 saturated heterocycles. The number of aliphatic carboxylic acids is 1. The number of nitriles is 1. The molecular formula is C12H10N2O3. The molecule has 1 heterocycles. The summed E-state index contributed by atoms with van der Waals surface area (Å²) in [6.45, 7) is 1.61. The molecule has 2 aromatic rings. The van der Waals surface area contributed by atoms with Gasteiger partial charge in [-0.25, -0.2) is 4.98 Å². The van der Waals surface area contributed by atoms with E-state index >= 15 is 0 Å². The van der Waals surface area contributed by atoms with Crippen LogP contribution in [-0.2, 0) is 11.2 Å². The summed E-state index contributed by atoms with van der Waals surface area (Å²) in [6, 6.07) is 7.00. The van der Waals surface area contributed by atoms with Gasteiger partial charge in [-0.3, -0.25) is 4.79 Å². The van der Waals surface area contributed by atoms with Crippen molar-refractivity contribution in [2.75, 3.05) is 0 Å². The van der Waals surface area contributed by atoms with Gasteiger partial charge in [-0.05, 0) is 24.6 Å². The molecule has 0 aliphatic heterocycles. The van der Waals surface area contributed by atoms with Gasteiger partial charge in [0.2, 0.25) is 5.89 Å². The molecule has 0 fully saturated rings. The van der Waals surface area contributed by atoms with Crippen molar-refractivity contribution in [2.24, 2.45) is 0 Å². The van der Waals surface area contributed by atoms with Crippen molar-refractivity contribution in [3.8, 4) is 6.07 Å². The van der Waals surface area contributed by atoms with E-state index in [1.807, 2.05) is 6.07 Å². The molecule has 17 heavy (non-hydrogen) atoms. The molecule has 5 nitrogen and oxygen atoms in total. The molecule has 0 amide bonds. The van der Waals surface area contributed by atoms with Gasteiger partial charge >= 0.3 is 5.97 Å². The summed E-state index contributed by atoms with van der Waals surface area (Å²) in [6.07, 6.45) is 0.110. The van der Waals surface area contributed by atoms with Crippen LogP contribution in [0.15, 0.2) is 22.6 Å². The minimum absolute atomic E-state index is 0.110. The Balaban J connectivity index is 2.43. The maximum atomic E-state index is 10.9. The van der Waals surface area contributed by atoms with Crippen LogP contribution in [0.4, 0.5) is 0 Å². The first-order valence-electron chi connectivity index (χ1n) is 5.11. The van der Waals surface area contributed by atoms with Crippen molar-refractivity contribution in [3.05, 3.63) is 29.7 Å². The van der Waals surface area contributed by atoms with Crippen LogP contribution in [0.5, 0.6) is 0 Å². The molecule has 1 aromatic carbocycles. The van der Waals surface area contributed by atoms with Crippen molar-refractivity contribution < 1.29 is 14.3 Å². The SMILES string of the molecule is CC(C(=O)O)c1ccc2oc(CC#N)nc2c1. The molecule has 1 N–H and O–H groups in total. The third-order valence-corrected chi connectivity index (χ3v) is 2.56. The monoisotopic (exact) mass is 230 g/mol. The average Bonchev–Trinajstić information content (AvgIpc) is 2.69. The minimum atomic E-state index is -0.884. The van der Waals surface area contributed by atoms with Crippen LogP contribution in [0.1, 0.15) is 24.3 Å². The summed E-state index contributed by atoms with van der Waals surface area (Å²) in [4.78, 5) is 15.0. The molecule has 0 radical (unpaired) electrons. The van der Waals surface area contributed by atoms with Crippen molar-refractivity contribution in [1.29, 1.82) is 5.26 Å². The van der Waals surface area contributed by atoms with Crippen LogP contribution in [0, 0.1) is 11.3 Å². The van der Waals surface area contributed by atoms with E-state index in [9.17, 15) is 4.79 Å². The number of oxazole rings is 1. The number of fused-ring (bicyclic) bond motifs is 1. The molecule has 1 atom stereocenters. The lowest BCUT2D eigenvalue weighted by atomic mass is 10.0. The Bertz CT molecular complexity index is 610. The number of carboxylic acids is 1. The van der Waals surface area contributed by atoms with Crippen LogP contribution in [0.25, 0.3) is 11.1 Å². The Morgan fingerprint density at radius 3 is 3.06 bits per heavy atom. The van der Waals surface area contributed by atoms with Crippen molar-refractivity contribution in [3.63, 3.8) is 0 Å². The maximum Gasteiger partial charge on any atom is 0.310 e. The fourth-order valence-corrected chi connectivity index (χ4v) is 1.55. The van der Waals surface area contributed by atoms with Gasteiger partial charge in [-0.1, -0.05) is 6.07 Å². The highest BCUT2D eigenvalue weighted by molar-refractivity contribution is 5.79. The number of rotatable bonds is 3. The Hall–Kier alpha value is -2.35. The second-order valence-corrected chi connectivity index (χ2v) is 3.73. The topological polar surface area (TPSA) is 87.1 Å². The number of carbonyl (C=O) groups is 1. The third kappa shape index (κ3) is 2.11. The van der Waals surface area contributed by atoms with E-state index in [0.29, 0.717) is 22.6 Å². The molecule has 0 saturated carbocycles. The first-order chi connectivity index (χ1) is 8.11. The predicted molar refractivity (Wildman–Crippen MR) is 59.4 cm³/mol. The Labute approximate surface area is 97.3 Å². The largest absolute Gasteiger partial charge is 0.481 e. The van der Waals surface area contributed by atoms with Crippen LogP contribution in [0.3, 0.4) is 0 Å². The summed E-state index contributed by atoms with van der Waals surface area (Å²) in [7, 11) is 0. The van der Waals surface area contributed by atoms with Gasteiger partial charge in [0.05, 0.1) is 12.0 Å². The molecule has 1 unspecified atom stereocenters. The maximum absolute atomic E-state index is 10.9. The number of carboxylic acid groups (broad SMARTS) is 1. The highest BCUT2D eigenvalue weighted by Crippen LogP contribution is 2.22. The standard InChI is InChI=1S/C12H10N2O3/c1-7(12(15)16)8-2-3-10-9(6-8)14-11(17-10)4-5-13/h2-3,6-7H,4H2,1H3,(H,15,16). The van der Waals surface area contributed by atoms with E-state index in [0.717, 1.165) is 0 Å². The number of hydrogen-bond acceptors (Lipinski definition) is 4. The second-order valence-electron chi connectivity index (χ2n) is 3.73. The third-order valence-electron chi connectivity index (χ3n) is 2.56. The Kier molecular flexibility index (Phi) is 2.79. The molecule has 1 aromatic heterocycles. The van der Waals surface area contributed by atoms with E-state index in [-0.39, 0.29) is 6.42 Å². The number of aromatic nitrogens is 1. The fourth-order valence-electron chi connectivity index (χ4n) is 1.55. The predicted octanol–water partition coefficient (Wildman–Crippen LogP) is 2.08. The van der Waals surface area contributed by atoms with Crippen LogP contribution >= 0.6 is 0 Å². The van der Waals surface area contributed by atoms with Crippen molar-refractivity contribution in [1.82, 2.24) is 4.98 Å². The summed E-state index contributed by atoms with van der Waals surface area (Å²) < 4.78 is 5.32. The number of nitrogens with zero attached hydrogens (tertiary/aromatic N) is 2. The van der Waals surface area contributed by atoms with E-state index in [1.54, 1.807) is 25.1 Å². The van der Waals surface area contributed by atoms with Gasteiger partial charge < -0.3 is 9.52 Å². The smallest absolute Gasteiger partial charge is 0.310 e. The number of hydrogen-bond donors (Lipinski definition) is 1. The van der Waals surface area contributed by atoms with E-state index in [1.165, 1.54) is 0 Å². The van der Waals surface area contributed by atoms with Crippen molar-refractivity contribution in [2.45, 2.75) is 19.3 Å². The van der Waals surface area contributed by atoms with Gasteiger partial charge in [0.1, 0.15) is 11.9 Å². The van der Waals surface area contributed by atoms with E-state index < -0.39 is 11.9 Å². The van der Waals surface area contributed by atoms with Crippen LogP contribution < -0.4 is 0 Å². The van der Waals surface area contributed by atoms with E-state index in [2.05, 4.69) is 4.98 Å². The summed E-state index contributed by atoms with van der Waals surface area (Å²) >= 11 is 0. The fraction of sp³-hybridized carbons (Fsp3) is 0.250. The molecule has 2 rings (SSSR count). The Morgan fingerprint density at radius 1 is 1.65 bits per heavy atom. The minimum Gasteiger partial charge on any atom is -0.481 e. The molecule has 0 aliphatic rings. The van der Waals surface area contributed by atoms with Gasteiger partial charge in [-0.15, -0.1) is 0 Å². The molecule has 0 aliphatic carbocycles. The lowest BCUT2D eigenvalue weighted by Gasteiger charge is -2.04. The average molecular weight is 230 g/mol. The zero-order valence-corrected chi connectivity index (χ0v) is 9.17. The van der Waals surface area contributed by atoms with Crippen molar-refractivity contribution >= 4 is 17.1 Å². The zero-order chi connectivity index (χ0) is 12.4. The molecule has 5 heteroatoms. The van der Waals surface area contributed by atoms with Crippen LogP contribution in [0.2, 0.25) is 0 Å². The lowest BCUT2D eigenvalue weighted by molar-refractivity contribution is -0.138. The summed E-state index contributed by atoms with van der Waals surface area (Å²) in [5.74, 6) is -1.12. The molecular weight excluding hydrogens is 220 g/mol. The summed E-state index contributed by atoms with van der Waals surface area (Å²) in [5, 5.41) is 17.4. The zero-order valence-electron chi connectivity index (χ0n) is 9.17. The first-order valence-corrected chi connectivity index (χ1v) is 5.11. The van der Waals surface area contributed by atoms with E-state index in [4.69, 9.17) is 14.8 Å². The van der Waals surface area contributed by atoms with Gasteiger partial charge in [0.15, 0.2) is 5.58 Å².